The van der Waals surface area contributed by atoms with Gasteiger partial charge in [-0.2, -0.15) is 11.3 Å². The smallest absolute Gasteiger partial charge is 0.248 e. The molecule has 8 heteroatoms. The number of halogens is 3. The zero-order valence-electron chi connectivity index (χ0n) is 18.0. The Morgan fingerprint density at radius 1 is 1.15 bits per heavy atom. The Morgan fingerprint density at radius 2 is 2.00 bits per heavy atom. The summed E-state index contributed by atoms with van der Waals surface area (Å²) in [5.74, 6) is -2.14. The minimum absolute atomic E-state index is 0.0996. The molecule has 5 rings (SSSR count). The van der Waals surface area contributed by atoms with Crippen molar-refractivity contribution in [2.75, 3.05) is 13.2 Å². The topological polar surface area (TPSA) is 34.1 Å². The lowest BCUT2D eigenvalue weighted by atomic mass is 9.80. The van der Waals surface area contributed by atoms with E-state index in [1.807, 2.05) is 42.1 Å². The van der Waals surface area contributed by atoms with Crippen LogP contribution in [-0.4, -0.2) is 29.3 Å². The first-order chi connectivity index (χ1) is 15.9. The van der Waals surface area contributed by atoms with Crippen molar-refractivity contribution in [2.45, 2.75) is 47.3 Å². The predicted molar refractivity (Wildman–Crippen MR) is 131 cm³/mol. The second-order valence-corrected chi connectivity index (χ2v) is 11.3. The van der Waals surface area contributed by atoms with Crippen LogP contribution in [0.25, 0.3) is 0 Å². The van der Waals surface area contributed by atoms with E-state index in [-0.39, 0.29) is 25.4 Å². The van der Waals surface area contributed by atoms with Gasteiger partial charge in [0.05, 0.1) is 22.9 Å². The van der Waals surface area contributed by atoms with Crippen molar-refractivity contribution in [1.29, 1.82) is 0 Å². The van der Waals surface area contributed by atoms with Crippen molar-refractivity contribution in [3.05, 3.63) is 75.6 Å². The average Bonchev–Trinajstić information content (AvgIpc) is 3.34. The summed E-state index contributed by atoms with van der Waals surface area (Å²) in [5, 5.41) is 9.23. The summed E-state index contributed by atoms with van der Waals surface area (Å²) in [6.07, 6.45) is 1.69. The van der Waals surface area contributed by atoms with Crippen molar-refractivity contribution in [3.8, 4) is 5.88 Å². The quantitative estimate of drug-likeness (QED) is 0.374. The van der Waals surface area contributed by atoms with E-state index < -0.39 is 11.5 Å². The molecule has 0 amide bonds. The van der Waals surface area contributed by atoms with Gasteiger partial charge in [-0.3, -0.25) is 0 Å². The van der Waals surface area contributed by atoms with Crippen molar-refractivity contribution >= 4 is 34.7 Å². The molecule has 2 aliphatic rings. The van der Waals surface area contributed by atoms with Gasteiger partial charge in [0.15, 0.2) is 0 Å². The van der Waals surface area contributed by atoms with E-state index in [4.69, 9.17) is 21.3 Å². The molecule has 1 saturated heterocycles. The number of hydrogen-bond donors (Lipinski definition) is 1. The zero-order chi connectivity index (χ0) is 22.9. The first-order valence-electron chi connectivity index (χ1n) is 11.1. The molecule has 2 atom stereocenters. The maximum absolute atomic E-state index is 13.1. The Labute approximate surface area is 205 Å². The molecule has 2 fully saturated rings. The van der Waals surface area contributed by atoms with Crippen molar-refractivity contribution < 1.29 is 13.5 Å². The molecule has 1 aromatic carbocycles. The molecule has 0 radical (unpaired) electrons. The summed E-state index contributed by atoms with van der Waals surface area (Å²) < 4.78 is 32.1. The van der Waals surface area contributed by atoms with E-state index in [2.05, 4.69) is 28.2 Å². The standard InChI is InChI=1S/C25H25ClF2N2OS2/c26-20-4-1-2-5-21(20)33-19-8-10-25(29-14-19,18-9-11-32-16-18)22-6-3-7-23(30-22)31-15-17-12-24(27,28)13-17/h1-7,9,11,16-17,19,29H,8,10,12-15H2. The number of alkyl halides is 2. The summed E-state index contributed by atoms with van der Waals surface area (Å²) >= 11 is 9.85. The van der Waals surface area contributed by atoms with Gasteiger partial charge in [-0.15, -0.1) is 11.8 Å². The second-order valence-electron chi connectivity index (χ2n) is 8.81. The Balaban J connectivity index is 1.31. The van der Waals surface area contributed by atoms with Crippen LogP contribution >= 0.6 is 34.7 Å². The van der Waals surface area contributed by atoms with Crippen LogP contribution in [0.15, 0.2) is 64.2 Å². The minimum atomic E-state index is -2.53. The molecular weight excluding hydrogens is 482 g/mol. The summed E-state index contributed by atoms with van der Waals surface area (Å²) in [4.78, 5) is 5.92. The van der Waals surface area contributed by atoms with Crippen molar-refractivity contribution in [3.63, 3.8) is 0 Å². The largest absolute Gasteiger partial charge is 0.477 e. The molecule has 0 spiro atoms. The van der Waals surface area contributed by atoms with Gasteiger partial charge in [0, 0.05) is 41.5 Å². The number of nitrogens with zero attached hydrogens (tertiary/aromatic N) is 1. The normalized spacial score (nSPS) is 24.9. The number of pyridine rings is 1. The fourth-order valence-corrected chi connectivity index (χ4v) is 6.73. The van der Waals surface area contributed by atoms with Gasteiger partial charge in [0.25, 0.3) is 0 Å². The molecule has 2 aromatic heterocycles. The van der Waals surface area contributed by atoms with Crippen LogP contribution in [0.3, 0.4) is 0 Å². The average molecular weight is 507 g/mol. The lowest BCUT2D eigenvalue weighted by Gasteiger charge is -2.41. The number of thiophene rings is 1. The van der Waals surface area contributed by atoms with E-state index in [0.29, 0.717) is 11.1 Å². The summed E-state index contributed by atoms with van der Waals surface area (Å²) in [6.45, 7) is 1.09. The second kappa shape index (κ2) is 9.53. The fourth-order valence-electron chi connectivity index (χ4n) is 4.64. The maximum Gasteiger partial charge on any atom is 0.248 e. The molecule has 1 aliphatic carbocycles. The molecule has 3 nitrogen and oxygen atoms in total. The fraction of sp³-hybridized carbons (Fsp3) is 0.400. The predicted octanol–water partition coefficient (Wildman–Crippen LogP) is 7.01. The van der Waals surface area contributed by atoms with Crippen LogP contribution in [0, 0.1) is 5.92 Å². The summed E-state index contributed by atoms with van der Waals surface area (Å²) in [5.41, 5.74) is 1.69. The van der Waals surface area contributed by atoms with Crippen LogP contribution in [0.2, 0.25) is 5.02 Å². The highest BCUT2D eigenvalue weighted by molar-refractivity contribution is 8.00. The van der Waals surface area contributed by atoms with Gasteiger partial charge in [-0.1, -0.05) is 29.8 Å². The van der Waals surface area contributed by atoms with Crippen molar-refractivity contribution in [2.24, 2.45) is 5.92 Å². The molecule has 1 aliphatic heterocycles. The summed E-state index contributed by atoms with van der Waals surface area (Å²) in [7, 11) is 0. The third-order valence-corrected chi connectivity index (χ3v) is 8.89. The highest BCUT2D eigenvalue weighted by atomic mass is 35.5. The number of thioether (sulfide) groups is 1. The van der Waals surface area contributed by atoms with Crippen LogP contribution in [0.4, 0.5) is 8.78 Å². The van der Waals surface area contributed by atoms with E-state index >= 15 is 0 Å². The number of hydrogen-bond acceptors (Lipinski definition) is 5. The molecule has 1 N–H and O–H groups in total. The Morgan fingerprint density at radius 3 is 2.70 bits per heavy atom. The minimum Gasteiger partial charge on any atom is -0.477 e. The van der Waals surface area contributed by atoms with Gasteiger partial charge in [-0.05, 0) is 53.4 Å². The van der Waals surface area contributed by atoms with E-state index in [0.717, 1.165) is 35.0 Å². The van der Waals surface area contributed by atoms with E-state index in [1.54, 1.807) is 17.4 Å². The monoisotopic (exact) mass is 506 g/mol. The Kier molecular flexibility index (Phi) is 6.67. The van der Waals surface area contributed by atoms with Crippen LogP contribution < -0.4 is 10.1 Å². The zero-order valence-corrected chi connectivity index (χ0v) is 20.4. The van der Waals surface area contributed by atoms with Gasteiger partial charge in [0.2, 0.25) is 11.8 Å². The number of benzene rings is 1. The number of nitrogens with one attached hydrogen (secondary N) is 1. The van der Waals surface area contributed by atoms with Crippen molar-refractivity contribution in [1.82, 2.24) is 10.3 Å². The number of aromatic nitrogens is 1. The van der Waals surface area contributed by atoms with Gasteiger partial charge >= 0.3 is 0 Å². The first-order valence-corrected chi connectivity index (χ1v) is 13.3. The highest BCUT2D eigenvalue weighted by Gasteiger charge is 2.45. The first kappa shape index (κ1) is 23.1. The lowest BCUT2D eigenvalue weighted by molar-refractivity contribution is -0.119. The lowest BCUT2D eigenvalue weighted by Crippen LogP contribution is -2.50. The molecule has 2 unspecified atom stereocenters. The highest BCUT2D eigenvalue weighted by Crippen LogP contribution is 2.43. The third kappa shape index (κ3) is 5.06. The van der Waals surface area contributed by atoms with Crippen LogP contribution in [0.1, 0.15) is 36.9 Å². The molecule has 174 valence electrons. The number of rotatable bonds is 7. The SMILES string of the molecule is FC1(F)CC(COc2cccc(C3(c4ccsc4)CCC(Sc4ccccc4Cl)CN3)n2)C1. The Bertz CT molecular complexity index is 1080. The molecule has 3 heterocycles. The van der Waals surface area contributed by atoms with Gasteiger partial charge < -0.3 is 10.1 Å². The van der Waals surface area contributed by atoms with Crippen LogP contribution in [0.5, 0.6) is 5.88 Å². The van der Waals surface area contributed by atoms with E-state index in [1.165, 1.54) is 5.56 Å². The van der Waals surface area contributed by atoms with E-state index in [9.17, 15) is 8.78 Å². The number of piperidine rings is 1. The molecule has 33 heavy (non-hydrogen) atoms. The molecule has 1 saturated carbocycles. The van der Waals surface area contributed by atoms with Crippen LogP contribution in [-0.2, 0) is 5.54 Å². The summed E-state index contributed by atoms with van der Waals surface area (Å²) in [6, 6.07) is 15.9. The number of ether oxygens (including phenoxy) is 1. The molecule has 0 bridgehead atoms. The molecular formula is C25H25ClF2N2OS2. The third-order valence-electron chi connectivity index (χ3n) is 6.42. The van der Waals surface area contributed by atoms with Gasteiger partial charge in [-0.25, -0.2) is 13.8 Å². The molecule has 3 aromatic rings. The Hall–Kier alpha value is -1.67. The maximum atomic E-state index is 13.1. The van der Waals surface area contributed by atoms with Gasteiger partial charge in [0.1, 0.15) is 0 Å².